The molecule has 1 aromatic carbocycles. The molecule has 27 heavy (non-hydrogen) atoms. The standard InChI is InChI=1S/C17H25N3O6S/c1-5-18-15(21)10-19-16(22)11-26-17(23)13-7-6-8-14(9-13)27(24,25)20(4)12(2)3/h6-9,12H,5,10-11H2,1-4H3,(H,18,21)(H,19,22). The topological polar surface area (TPSA) is 122 Å². The van der Waals surface area contributed by atoms with E-state index >= 15 is 0 Å². The molecule has 0 aliphatic heterocycles. The van der Waals surface area contributed by atoms with E-state index in [1.165, 1.54) is 35.6 Å². The molecule has 2 amide bonds. The van der Waals surface area contributed by atoms with E-state index in [9.17, 15) is 22.8 Å². The molecule has 0 bridgehead atoms. The molecule has 0 aliphatic carbocycles. The van der Waals surface area contributed by atoms with Gasteiger partial charge in [0.15, 0.2) is 6.61 Å². The Bertz CT molecular complexity index is 792. The first-order valence-corrected chi connectivity index (χ1v) is 9.82. The van der Waals surface area contributed by atoms with Gasteiger partial charge < -0.3 is 15.4 Å². The highest BCUT2D eigenvalue weighted by Crippen LogP contribution is 2.18. The molecule has 0 aliphatic rings. The van der Waals surface area contributed by atoms with Crippen LogP contribution in [0.2, 0.25) is 0 Å². The van der Waals surface area contributed by atoms with E-state index < -0.39 is 28.5 Å². The quantitative estimate of drug-likeness (QED) is 0.569. The summed E-state index contributed by atoms with van der Waals surface area (Å²) < 4.78 is 31.0. The smallest absolute Gasteiger partial charge is 0.338 e. The third kappa shape index (κ3) is 6.65. The molecule has 0 saturated heterocycles. The maximum atomic E-state index is 12.5. The highest BCUT2D eigenvalue weighted by molar-refractivity contribution is 7.89. The number of esters is 1. The predicted octanol–water partition coefficient (Wildman–Crippen LogP) is 0.125. The molecular weight excluding hydrogens is 374 g/mol. The molecule has 1 aromatic rings. The van der Waals surface area contributed by atoms with E-state index in [0.29, 0.717) is 6.54 Å². The number of nitrogens with one attached hydrogen (secondary N) is 2. The van der Waals surface area contributed by atoms with Gasteiger partial charge in [-0.05, 0) is 39.0 Å². The number of sulfonamides is 1. The third-order valence-electron chi connectivity index (χ3n) is 3.63. The molecule has 0 radical (unpaired) electrons. The van der Waals surface area contributed by atoms with Gasteiger partial charge in [-0.2, -0.15) is 4.31 Å². The first-order chi connectivity index (χ1) is 12.6. The third-order valence-corrected chi connectivity index (χ3v) is 5.66. The minimum absolute atomic E-state index is 0.00440. The van der Waals surface area contributed by atoms with E-state index in [1.54, 1.807) is 20.8 Å². The summed E-state index contributed by atoms with van der Waals surface area (Å²) in [5.41, 5.74) is 0.00440. The number of hydrogen-bond acceptors (Lipinski definition) is 6. The largest absolute Gasteiger partial charge is 0.452 e. The maximum absolute atomic E-state index is 12.5. The number of nitrogens with zero attached hydrogens (tertiary/aromatic N) is 1. The summed E-state index contributed by atoms with van der Waals surface area (Å²) in [6.45, 7) is 4.84. The summed E-state index contributed by atoms with van der Waals surface area (Å²) in [5, 5.41) is 4.81. The molecule has 0 saturated carbocycles. The Balaban J connectivity index is 2.72. The monoisotopic (exact) mass is 399 g/mol. The second-order valence-electron chi connectivity index (χ2n) is 5.95. The van der Waals surface area contributed by atoms with Crippen molar-refractivity contribution in [2.45, 2.75) is 31.7 Å². The first-order valence-electron chi connectivity index (χ1n) is 8.38. The summed E-state index contributed by atoms with van der Waals surface area (Å²) in [6, 6.07) is 5.14. The summed E-state index contributed by atoms with van der Waals surface area (Å²) in [7, 11) is -2.30. The molecule has 0 aromatic heterocycles. The maximum Gasteiger partial charge on any atom is 0.338 e. The lowest BCUT2D eigenvalue weighted by Crippen LogP contribution is -2.38. The van der Waals surface area contributed by atoms with Crippen molar-refractivity contribution in [1.82, 2.24) is 14.9 Å². The van der Waals surface area contributed by atoms with Crippen molar-refractivity contribution in [3.8, 4) is 0 Å². The Labute approximate surface area is 159 Å². The van der Waals surface area contributed by atoms with Crippen molar-refractivity contribution in [1.29, 1.82) is 0 Å². The molecule has 1 rings (SSSR count). The van der Waals surface area contributed by atoms with Crippen molar-refractivity contribution in [2.24, 2.45) is 0 Å². The zero-order chi connectivity index (χ0) is 20.6. The minimum Gasteiger partial charge on any atom is -0.452 e. The first kappa shape index (κ1) is 22.6. The van der Waals surface area contributed by atoms with Gasteiger partial charge in [0.2, 0.25) is 15.9 Å². The van der Waals surface area contributed by atoms with Gasteiger partial charge in [-0.1, -0.05) is 6.07 Å². The van der Waals surface area contributed by atoms with Gasteiger partial charge in [0.25, 0.3) is 5.91 Å². The van der Waals surface area contributed by atoms with E-state index in [4.69, 9.17) is 4.74 Å². The van der Waals surface area contributed by atoms with Gasteiger partial charge >= 0.3 is 5.97 Å². The van der Waals surface area contributed by atoms with E-state index in [1.807, 2.05) is 0 Å². The average molecular weight is 399 g/mol. The Morgan fingerprint density at radius 2 is 1.81 bits per heavy atom. The van der Waals surface area contributed by atoms with Crippen LogP contribution in [-0.4, -0.2) is 63.3 Å². The Hall–Kier alpha value is -2.46. The van der Waals surface area contributed by atoms with Crippen molar-refractivity contribution in [2.75, 3.05) is 26.7 Å². The van der Waals surface area contributed by atoms with Crippen molar-refractivity contribution in [3.05, 3.63) is 29.8 Å². The van der Waals surface area contributed by atoms with Crippen LogP contribution in [0.1, 0.15) is 31.1 Å². The second-order valence-corrected chi connectivity index (χ2v) is 7.95. The number of benzene rings is 1. The summed E-state index contributed by atoms with van der Waals surface area (Å²) in [6.07, 6.45) is 0. The number of hydrogen-bond donors (Lipinski definition) is 2. The van der Waals surface area contributed by atoms with Gasteiger partial charge in [-0.3, -0.25) is 9.59 Å². The molecule has 0 unspecified atom stereocenters. The number of carbonyl (C=O) groups excluding carboxylic acids is 3. The zero-order valence-electron chi connectivity index (χ0n) is 15.8. The SMILES string of the molecule is CCNC(=O)CNC(=O)COC(=O)c1cccc(S(=O)(=O)N(C)C(C)C)c1. The van der Waals surface area contributed by atoms with E-state index in [-0.39, 0.29) is 29.0 Å². The Morgan fingerprint density at radius 3 is 2.41 bits per heavy atom. The molecule has 0 fully saturated rings. The van der Waals surface area contributed by atoms with E-state index in [2.05, 4.69) is 10.6 Å². The molecule has 0 spiro atoms. The van der Waals surface area contributed by atoms with Gasteiger partial charge in [0.05, 0.1) is 17.0 Å². The van der Waals surface area contributed by atoms with Crippen LogP contribution >= 0.6 is 0 Å². The molecule has 150 valence electrons. The second kappa shape index (κ2) is 10.0. The van der Waals surface area contributed by atoms with Crippen LogP contribution in [0, 0.1) is 0 Å². The molecule has 2 N–H and O–H groups in total. The molecule has 10 heteroatoms. The van der Waals surface area contributed by atoms with Crippen LogP contribution in [0.3, 0.4) is 0 Å². The number of likely N-dealkylation sites (N-methyl/N-ethyl adjacent to an activating group) is 1. The average Bonchev–Trinajstić information content (AvgIpc) is 2.63. The van der Waals surface area contributed by atoms with Crippen LogP contribution < -0.4 is 10.6 Å². The lowest BCUT2D eigenvalue weighted by molar-refractivity contribution is -0.127. The van der Waals surface area contributed by atoms with Crippen LogP contribution in [0.5, 0.6) is 0 Å². The van der Waals surface area contributed by atoms with Gasteiger partial charge in [0.1, 0.15) is 0 Å². The fourth-order valence-electron chi connectivity index (χ4n) is 1.93. The fraction of sp³-hybridized carbons (Fsp3) is 0.471. The normalized spacial score (nSPS) is 11.3. The predicted molar refractivity (Wildman–Crippen MR) is 98.5 cm³/mol. The summed E-state index contributed by atoms with van der Waals surface area (Å²) >= 11 is 0. The summed E-state index contributed by atoms with van der Waals surface area (Å²) in [5.74, 6) is -1.84. The fourth-order valence-corrected chi connectivity index (χ4v) is 3.35. The Morgan fingerprint density at radius 1 is 1.15 bits per heavy atom. The van der Waals surface area contributed by atoms with Gasteiger partial charge in [0, 0.05) is 19.6 Å². The number of carbonyl (C=O) groups is 3. The van der Waals surface area contributed by atoms with Crippen LogP contribution in [0.25, 0.3) is 0 Å². The van der Waals surface area contributed by atoms with Crippen LogP contribution in [0.4, 0.5) is 0 Å². The molecule has 0 heterocycles. The zero-order valence-corrected chi connectivity index (χ0v) is 16.6. The van der Waals surface area contributed by atoms with Gasteiger partial charge in [-0.25, -0.2) is 13.2 Å². The highest BCUT2D eigenvalue weighted by atomic mass is 32.2. The minimum atomic E-state index is -3.75. The lowest BCUT2D eigenvalue weighted by Gasteiger charge is -2.21. The van der Waals surface area contributed by atoms with E-state index in [0.717, 1.165) is 0 Å². The molecule has 9 nitrogen and oxygen atoms in total. The summed E-state index contributed by atoms with van der Waals surface area (Å²) in [4.78, 5) is 34.9. The van der Waals surface area contributed by atoms with Crippen LogP contribution in [-0.2, 0) is 24.3 Å². The number of amides is 2. The number of rotatable bonds is 9. The van der Waals surface area contributed by atoms with Crippen molar-refractivity contribution < 1.29 is 27.5 Å². The van der Waals surface area contributed by atoms with Crippen LogP contribution in [0.15, 0.2) is 29.2 Å². The van der Waals surface area contributed by atoms with Gasteiger partial charge in [-0.15, -0.1) is 0 Å². The highest BCUT2D eigenvalue weighted by Gasteiger charge is 2.24. The van der Waals surface area contributed by atoms with Crippen molar-refractivity contribution in [3.63, 3.8) is 0 Å². The Kier molecular flexibility index (Phi) is 8.38. The lowest BCUT2D eigenvalue weighted by atomic mass is 10.2. The molecular formula is C17H25N3O6S. The number of ether oxygens (including phenoxy) is 1. The van der Waals surface area contributed by atoms with Crippen molar-refractivity contribution >= 4 is 27.8 Å². The molecule has 0 atom stereocenters.